The average Bonchev–Trinajstić information content (AvgIpc) is 2.37. The normalized spacial score (nSPS) is 10.3. The molecule has 1 aromatic rings. The molecule has 102 valence electrons. The van der Waals surface area contributed by atoms with Gasteiger partial charge in [0.25, 0.3) is 5.91 Å². The van der Waals surface area contributed by atoms with Gasteiger partial charge in [-0.25, -0.2) is 0 Å². The number of nitrogens with zero attached hydrogens (tertiary/aromatic N) is 1. The number of carbonyl (C=O) groups is 2. The summed E-state index contributed by atoms with van der Waals surface area (Å²) in [6.45, 7) is 7.58. The van der Waals surface area contributed by atoms with Crippen molar-refractivity contribution < 1.29 is 14.7 Å². The van der Waals surface area contributed by atoms with E-state index < -0.39 is 5.97 Å². The van der Waals surface area contributed by atoms with E-state index in [1.54, 1.807) is 12.1 Å². The van der Waals surface area contributed by atoms with Gasteiger partial charge in [-0.05, 0) is 23.6 Å². The summed E-state index contributed by atoms with van der Waals surface area (Å²) in [6.07, 6.45) is 1.52. The van der Waals surface area contributed by atoms with E-state index in [1.165, 1.54) is 11.0 Å². The second-order valence-corrected chi connectivity index (χ2v) is 4.64. The first-order chi connectivity index (χ1) is 8.95. The van der Waals surface area contributed by atoms with E-state index in [-0.39, 0.29) is 19.0 Å². The van der Waals surface area contributed by atoms with Crippen molar-refractivity contribution in [3.63, 3.8) is 0 Å². The Labute approximate surface area is 113 Å². The van der Waals surface area contributed by atoms with Crippen molar-refractivity contribution in [2.24, 2.45) is 0 Å². The van der Waals surface area contributed by atoms with Gasteiger partial charge in [-0.2, -0.15) is 0 Å². The molecule has 0 atom stereocenters. The van der Waals surface area contributed by atoms with Crippen LogP contribution in [0.15, 0.2) is 36.9 Å². The Morgan fingerprint density at radius 2 is 1.89 bits per heavy atom. The molecule has 0 spiro atoms. The van der Waals surface area contributed by atoms with Crippen LogP contribution in [-0.4, -0.2) is 35.0 Å². The van der Waals surface area contributed by atoms with Gasteiger partial charge in [0.05, 0.1) is 0 Å². The molecule has 1 N–H and O–H groups in total. The number of amides is 1. The van der Waals surface area contributed by atoms with Gasteiger partial charge in [-0.3, -0.25) is 9.59 Å². The molecule has 4 nitrogen and oxygen atoms in total. The van der Waals surface area contributed by atoms with Crippen LogP contribution in [0.4, 0.5) is 0 Å². The third-order valence-corrected chi connectivity index (χ3v) is 2.79. The summed E-state index contributed by atoms with van der Waals surface area (Å²) < 4.78 is 0. The Hall–Kier alpha value is -2.10. The third kappa shape index (κ3) is 4.25. The predicted molar refractivity (Wildman–Crippen MR) is 74.3 cm³/mol. The van der Waals surface area contributed by atoms with Gasteiger partial charge in [-0.1, -0.05) is 32.1 Å². The summed E-state index contributed by atoms with van der Waals surface area (Å²) in [5.74, 6) is -0.931. The highest BCUT2D eigenvalue weighted by Gasteiger charge is 2.17. The third-order valence-electron chi connectivity index (χ3n) is 2.79. The predicted octanol–water partition coefficient (Wildman–Crippen LogP) is 2.52. The number of carbonyl (C=O) groups excluding carboxylic acids is 1. The standard InChI is InChI=1S/C15H19NO3/c1-4-9-16(10-14(17)18)15(19)13-7-5-12(6-8-13)11(2)3/h4-8,11H,1,9-10H2,2-3H3,(H,17,18). The molecule has 4 heteroatoms. The largest absolute Gasteiger partial charge is 0.480 e. The van der Waals surface area contributed by atoms with Crippen LogP contribution < -0.4 is 0 Å². The van der Waals surface area contributed by atoms with Crippen molar-refractivity contribution in [3.05, 3.63) is 48.0 Å². The summed E-state index contributed by atoms with van der Waals surface area (Å²) >= 11 is 0. The van der Waals surface area contributed by atoms with Crippen molar-refractivity contribution >= 4 is 11.9 Å². The molecular formula is C15H19NO3. The SMILES string of the molecule is C=CCN(CC(=O)O)C(=O)c1ccc(C(C)C)cc1. The molecule has 0 fully saturated rings. The molecule has 0 bridgehead atoms. The van der Waals surface area contributed by atoms with Gasteiger partial charge < -0.3 is 10.0 Å². The van der Waals surface area contributed by atoms with Crippen LogP contribution in [0.1, 0.15) is 35.7 Å². The fourth-order valence-electron chi connectivity index (χ4n) is 1.73. The molecule has 0 aromatic heterocycles. The van der Waals surface area contributed by atoms with Gasteiger partial charge in [0.2, 0.25) is 0 Å². The molecule has 0 aliphatic rings. The molecule has 1 amide bonds. The summed E-state index contributed by atoms with van der Waals surface area (Å²) in [5.41, 5.74) is 1.64. The molecule has 19 heavy (non-hydrogen) atoms. The topological polar surface area (TPSA) is 57.6 Å². The molecule has 0 saturated carbocycles. The lowest BCUT2D eigenvalue weighted by molar-refractivity contribution is -0.137. The van der Waals surface area contributed by atoms with E-state index in [0.29, 0.717) is 11.5 Å². The van der Waals surface area contributed by atoms with E-state index in [9.17, 15) is 9.59 Å². The summed E-state index contributed by atoms with van der Waals surface area (Å²) in [5, 5.41) is 8.80. The molecule has 0 aliphatic heterocycles. The van der Waals surface area contributed by atoms with Crippen molar-refractivity contribution in [1.29, 1.82) is 0 Å². The van der Waals surface area contributed by atoms with Crippen LogP contribution >= 0.6 is 0 Å². The van der Waals surface area contributed by atoms with Gasteiger partial charge in [0.15, 0.2) is 0 Å². The number of carboxylic acid groups (broad SMARTS) is 1. The van der Waals surface area contributed by atoms with Crippen molar-refractivity contribution in [1.82, 2.24) is 4.90 Å². The zero-order valence-corrected chi connectivity index (χ0v) is 11.3. The fraction of sp³-hybridized carbons (Fsp3) is 0.333. The molecule has 1 rings (SSSR count). The first-order valence-corrected chi connectivity index (χ1v) is 6.17. The molecule has 0 saturated heterocycles. The van der Waals surface area contributed by atoms with E-state index in [2.05, 4.69) is 20.4 Å². The monoisotopic (exact) mass is 261 g/mol. The van der Waals surface area contributed by atoms with E-state index in [4.69, 9.17) is 5.11 Å². The maximum Gasteiger partial charge on any atom is 0.323 e. The number of aliphatic carboxylic acids is 1. The first kappa shape index (κ1) is 15.0. The molecule has 0 aliphatic carbocycles. The maximum atomic E-state index is 12.2. The number of hydrogen-bond donors (Lipinski definition) is 1. The lowest BCUT2D eigenvalue weighted by Gasteiger charge is -2.19. The molecule has 0 radical (unpaired) electrons. The van der Waals surface area contributed by atoms with Crippen LogP contribution in [0, 0.1) is 0 Å². The van der Waals surface area contributed by atoms with E-state index >= 15 is 0 Å². The van der Waals surface area contributed by atoms with Crippen LogP contribution in [0.25, 0.3) is 0 Å². The van der Waals surface area contributed by atoms with Gasteiger partial charge in [0, 0.05) is 12.1 Å². The number of carboxylic acids is 1. The highest BCUT2D eigenvalue weighted by Crippen LogP contribution is 2.15. The Balaban J connectivity index is 2.89. The minimum Gasteiger partial charge on any atom is -0.480 e. The Kier molecular flexibility index (Phi) is 5.30. The number of hydrogen-bond acceptors (Lipinski definition) is 2. The smallest absolute Gasteiger partial charge is 0.323 e. The molecular weight excluding hydrogens is 242 g/mol. The zero-order chi connectivity index (χ0) is 14.4. The van der Waals surface area contributed by atoms with Crippen LogP contribution in [0.2, 0.25) is 0 Å². The number of rotatable bonds is 6. The zero-order valence-electron chi connectivity index (χ0n) is 11.3. The Morgan fingerprint density at radius 3 is 2.32 bits per heavy atom. The summed E-state index contributed by atoms with van der Waals surface area (Å²) in [4.78, 5) is 24.2. The van der Waals surface area contributed by atoms with E-state index in [0.717, 1.165) is 5.56 Å². The second kappa shape index (κ2) is 6.73. The maximum absolute atomic E-state index is 12.2. The minimum absolute atomic E-state index is 0.219. The molecule has 0 heterocycles. The van der Waals surface area contributed by atoms with Crippen LogP contribution in [0.5, 0.6) is 0 Å². The van der Waals surface area contributed by atoms with Crippen LogP contribution in [0.3, 0.4) is 0 Å². The highest BCUT2D eigenvalue weighted by molar-refractivity contribution is 5.96. The number of benzene rings is 1. The van der Waals surface area contributed by atoms with Crippen molar-refractivity contribution in [3.8, 4) is 0 Å². The first-order valence-electron chi connectivity index (χ1n) is 6.17. The summed E-state index contributed by atoms with van der Waals surface area (Å²) in [7, 11) is 0. The van der Waals surface area contributed by atoms with Gasteiger partial charge in [-0.15, -0.1) is 6.58 Å². The quantitative estimate of drug-likeness (QED) is 0.800. The summed E-state index contributed by atoms with van der Waals surface area (Å²) in [6, 6.07) is 7.25. The Bertz CT molecular complexity index is 463. The molecule has 1 aromatic carbocycles. The van der Waals surface area contributed by atoms with Crippen molar-refractivity contribution in [2.45, 2.75) is 19.8 Å². The fourth-order valence-corrected chi connectivity index (χ4v) is 1.73. The lowest BCUT2D eigenvalue weighted by Crippen LogP contribution is -2.35. The average molecular weight is 261 g/mol. The highest BCUT2D eigenvalue weighted by atomic mass is 16.4. The van der Waals surface area contributed by atoms with Crippen molar-refractivity contribution in [2.75, 3.05) is 13.1 Å². The van der Waals surface area contributed by atoms with Crippen LogP contribution in [-0.2, 0) is 4.79 Å². The Morgan fingerprint density at radius 1 is 1.32 bits per heavy atom. The minimum atomic E-state index is -1.03. The molecule has 0 unspecified atom stereocenters. The second-order valence-electron chi connectivity index (χ2n) is 4.64. The van der Waals surface area contributed by atoms with Gasteiger partial charge >= 0.3 is 5.97 Å². The lowest BCUT2D eigenvalue weighted by atomic mass is 10.0. The van der Waals surface area contributed by atoms with E-state index in [1.807, 2.05) is 12.1 Å². The van der Waals surface area contributed by atoms with Gasteiger partial charge in [0.1, 0.15) is 6.54 Å².